The molecular formula is C32H31N2O+. The van der Waals surface area contributed by atoms with Crippen LogP contribution in [0.5, 0.6) is 0 Å². The molecule has 0 aliphatic carbocycles. The zero-order chi connectivity index (χ0) is 28.4. The van der Waals surface area contributed by atoms with E-state index in [9.17, 15) is 1.37 Å². The lowest BCUT2D eigenvalue weighted by Gasteiger charge is -2.18. The van der Waals surface area contributed by atoms with Crippen LogP contribution in [0.15, 0.2) is 71.1 Å². The van der Waals surface area contributed by atoms with Gasteiger partial charge in [0.2, 0.25) is 11.4 Å². The second-order valence-corrected chi connectivity index (χ2v) is 10.0. The minimum atomic E-state index is -1.93. The van der Waals surface area contributed by atoms with Crippen LogP contribution in [-0.4, -0.2) is 0 Å². The average molecular weight is 464 g/mol. The molecule has 0 amide bonds. The van der Waals surface area contributed by atoms with Gasteiger partial charge in [-0.2, -0.15) is 4.57 Å². The number of nitrogens with zero attached hydrogens (tertiary/aromatic N) is 2. The highest BCUT2D eigenvalue weighted by atomic mass is 16.3. The summed E-state index contributed by atoms with van der Waals surface area (Å²) in [7, 11) is 1.80. The SMILES string of the molecule is [2H]c1c(C([2H])([2H])C(C)(C)C)c([2H])c(-c2c(C)ccc3c2oc2c([N+]#[C-])ccc(-c4ccccc4)c23)[n+](C)c1C. The first-order valence-corrected chi connectivity index (χ1v) is 11.7. The van der Waals surface area contributed by atoms with Crippen LogP contribution in [0.2, 0.25) is 0 Å². The maximum Gasteiger partial charge on any atom is 0.229 e. The van der Waals surface area contributed by atoms with Crippen molar-refractivity contribution >= 4 is 27.6 Å². The van der Waals surface area contributed by atoms with Crippen molar-refractivity contribution in [3.05, 3.63) is 94.9 Å². The van der Waals surface area contributed by atoms with E-state index in [0.717, 1.165) is 27.5 Å². The molecule has 0 unspecified atom stereocenters. The molecule has 3 aromatic carbocycles. The van der Waals surface area contributed by atoms with Crippen LogP contribution in [0.1, 0.15) is 43.1 Å². The summed E-state index contributed by atoms with van der Waals surface area (Å²) >= 11 is 0. The highest BCUT2D eigenvalue weighted by Crippen LogP contribution is 2.44. The van der Waals surface area contributed by atoms with E-state index in [2.05, 4.69) is 4.85 Å². The molecule has 0 aliphatic rings. The van der Waals surface area contributed by atoms with Crippen molar-refractivity contribution in [2.45, 2.75) is 41.0 Å². The highest BCUT2D eigenvalue weighted by Gasteiger charge is 2.25. The second-order valence-electron chi connectivity index (χ2n) is 10.0. The number of pyridine rings is 1. The first-order valence-electron chi connectivity index (χ1n) is 13.7. The Balaban J connectivity index is 1.96. The number of furan rings is 1. The van der Waals surface area contributed by atoms with Gasteiger partial charge in [0.25, 0.3) is 0 Å². The van der Waals surface area contributed by atoms with E-state index in [4.69, 9.17) is 15.1 Å². The number of aryl methyl sites for hydroxylation is 1. The Labute approximate surface area is 213 Å². The predicted molar refractivity (Wildman–Crippen MR) is 145 cm³/mol. The van der Waals surface area contributed by atoms with E-state index in [0.29, 0.717) is 33.8 Å². The zero-order valence-corrected chi connectivity index (χ0v) is 21.0. The number of aromatic nitrogens is 1. The molecule has 0 saturated heterocycles. The molecule has 0 fully saturated rings. The molecule has 0 spiro atoms. The Morgan fingerprint density at radius 2 is 1.74 bits per heavy atom. The summed E-state index contributed by atoms with van der Waals surface area (Å²) in [6, 6.07) is 17.7. The van der Waals surface area contributed by atoms with Gasteiger partial charge in [-0.05, 0) is 41.0 Å². The predicted octanol–water partition coefficient (Wildman–Crippen LogP) is 8.50. The molecule has 5 aromatic rings. The number of rotatable bonds is 3. The quantitative estimate of drug-likeness (QED) is 0.194. The summed E-state index contributed by atoms with van der Waals surface area (Å²) < 4.78 is 44.4. The van der Waals surface area contributed by atoms with Crippen LogP contribution in [0.4, 0.5) is 5.69 Å². The standard InChI is InChI=1S/C32H31N2O/c1-20-13-14-25-29-24(23-11-9-8-10-12-23)15-16-26(33-6)31(29)35-30(25)28(20)27-18-22(19-32(3,4)5)17-21(2)34(27)7/h8-18H,19H2,1-5,7H3/q+1/i17D,18D,19D2. The molecule has 3 nitrogen and oxygen atoms in total. The van der Waals surface area contributed by atoms with Crippen molar-refractivity contribution in [2.75, 3.05) is 0 Å². The topological polar surface area (TPSA) is 21.4 Å². The van der Waals surface area contributed by atoms with E-state index in [1.54, 1.807) is 45.4 Å². The molecule has 0 N–H and O–H groups in total. The lowest BCUT2D eigenvalue weighted by molar-refractivity contribution is -0.666. The third-order valence-corrected chi connectivity index (χ3v) is 6.31. The molecular weight excluding hydrogens is 428 g/mol. The third-order valence-electron chi connectivity index (χ3n) is 6.31. The number of hydrogen-bond acceptors (Lipinski definition) is 1. The maximum absolute atomic E-state index is 9.29. The van der Waals surface area contributed by atoms with Gasteiger partial charge in [0.1, 0.15) is 18.2 Å². The molecule has 0 atom stereocenters. The zero-order valence-electron chi connectivity index (χ0n) is 25.0. The molecule has 35 heavy (non-hydrogen) atoms. The smallest absolute Gasteiger partial charge is 0.229 e. The van der Waals surface area contributed by atoms with Crippen LogP contribution in [-0.2, 0) is 13.4 Å². The number of benzene rings is 3. The van der Waals surface area contributed by atoms with Crippen molar-refractivity contribution in [2.24, 2.45) is 12.5 Å². The molecule has 0 aliphatic heterocycles. The Morgan fingerprint density at radius 1 is 1.00 bits per heavy atom. The Bertz CT molecular complexity index is 1820. The summed E-state index contributed by atoms with van der Waals surface area (Å²) in [5.74, 6) is 0. The van der Waals surface area contributed by atoms with Gasteiger partial charge in [-0.1, -0.05) is 75.4 Å². The van der Waals surface area contributed by atoms with Crippen LogP contribution < -0.4 is 4.57 Å². The fraction of sp³-hybridized carbons (Fsp3) is 0.250. The van der Waals surface area contributed by atoms with E-state index in [1.165, 1.54) is 0 Å². The second kappa shape index (κ2) is 8.40. The summed E-state index contributed by atoms with van der Waals surface area (Å²) in [4.78, 5) is 3.73. The van der Waals surface area contributed by atoms with Crippen molar-refractivity contribution in [3.8, 4) is 22.4 Å². The lowest BCUT2D eigenvalue weighted by Crippen LogP contribution is -2.35. The summed E-state index contributed by atoms with van der Waals surface area (Å²) in [6.45, 7) is 16.9. The van der Waals surface area contributed by atoms with Crippen LogP contribution in [0, 0.1) is 25.8 Å². The molecule has 5 rings (SSSR count). The highest BCUT2D eigenvalue weighted by molar-refractivity contribution is 6.18. The first-order chi connectivity index (χ1) is 18.3. The van der Waals surface area contributed by atoms with Crippen LogP contribution in [0.3, 0.4) is 0 Å². The van der Waals surface area contributed by atoms with Crippen molar-refractivity contribution < 1.29 is 14.5 Å². The van der Waals surface area contributed by atoms with Gasteiger partial charge in [0.05, 0.1) is 14.9 Å². The monoisotopic (exact) mass is 463 g/mol. The first kappa shape index (κ1) is 18.4. The van der Waals surface area contributed by atoms with Gasteiger partial charge >= 0.3 is 0 Å². The van der Waals surface area contributed by atoms with Gasteiger partial charge in [-0.15, -0.1) is 0 Å². The average Bonchev–Trinajstić information content (AvgIpc) is 3.27. The molecule has 174 valence electrons. The van der Waals surface area contributed by atoms with E-state index < -0.39 is 11.8 Å². The maximum atomic E-state index is 9.29. The number of fused-ring (bicyclic) bond motifs is 3. The molecule has 3 heteroatoms. The van der Waals surface area contributed by atoms with E-state index in [1.807, 2.05) is 55.5 Å². The fourth-order valence-electron chi connectivity index (χ4n) is 4.60. The largest absolute Gasteiger partial charge is 0.466 e. The molecule has 2 aromatic heterocycles. The minimum absolute atomic E-state index is 0.0298. The van der Waals surface area contributed by atoms with E-state index >= 15 is 0 Å². The van der Waals surface area contributed by atoms with Crippen LogP contribution >= 0.6 is 0 Å². The summed E-state index contributed by atoms with van der Waals surface area (Å²) in [6.07, 6.45) is -1.93. The minimum Gasteiger partial charge on any atom is -0.466 e. The van der Waals surface area contributed by atoms with Crippen molar-refractivity contribution in [1.82, 2.24) is 0 Å². The fourth-order valence-corrected chi connectivity index (χ4v) is 4.60. The van der Waals surface area contributed by atoms with Gasteiger partial charge in [-0.3, -0.25) is 0 Å². The van der Waals surface area contributed by atoms with Gasteiger partial charge in [0.15, 0.2) is 5.69 Å². The van der Waals surface area contributed by atoms with Gasteiger partial charge in [0, 0.05) is 32.5 Å². The Morgan fingerprint density at radius 3 is 2.43 bits per heavy atom. The molecule has 2 heterocycles. The normalized spacial score (nSPS) is 13.9. The molecule has 0 bridgehead atoms. The van der Waals surface area contributed by atoms with Gasteiger partial charge in [-0.25, -0.2) is 4.85 Å². The summed E-state index contributed by atoms with van der Waals surface area (Å²) in [5.41, 5.74) is 5.19. The lowest BCUT2D eigenvalue weighted by atomic mass is 9.87. The summed E-state index contributed by atoms with van der Waals surface area (Å²) in [5, 5.41) is 1.65. The van der Waals surface area contributed by atoms with Crippen molar-refractivity contribution in [1.29, 1.82) is 0 Å². The van der Waals surface area contributed by atoms with Crippen molar-refractivity contribution in [3.63, 3.8) is 0 Å². The van der Waals surface area contributed by atoms with Gasteiger partial charge < -0.3 is 4.42 Å². The third kappa shape index (κ3) is 4.00. The Kier molecular flexibility index (Phi) is 4.42. The Hall–Kier alpha value is -3.90. The van der Waals surface area contributed by atoms with E-state index in [-0.39, 0.29) is 17.6 Å². The number of hydrogen-bond donors (Lipinski definition) is 0. The molecule has 0 saturated carbocycles. The van der Waals surface area contributed by atoms with Crippen LogP contribution in [0.25, 0.3) is 49.2 Å². The molecule has 0 radical (unpaired) electrons.